The van der Waals surface area contributed by atoms with Gasteiger partial charge in [-0.25, -0.2) is 13.1 Å². The molecule has 3 aliphatic rings. The average molecular weight is 978 g/mol. The second-order valence-electron chi connectivity index (χ2n) is 17.6. The minimum absolute atomic E-state index is 0.0253. The van der Waals surface area contributed by atoms with Crippen molar-refractivity contribution in [3.05, 3.63) is 136 Å². The summed E-state index contributed by atoms with van der Waals surface area (Å²) in [6, 6.07) is 30.2. The summed E-state index contributed by atoms with van der Waals surface area (Å²) in [6.45, 7) is 11.7. The number of aromatic nitrogens is 1. The molecule has 3 saturated heterocycles. The van der Waals surface area contributed by atoms with E-state index in [9.17, 15) is 23.3 Å². The average Bonchev–Trinajstić information content (AvgIpc) is 4.06. The highest BCUT2D eigenvalue weighted by Gasteiger charge is 2.27. The van der Waals surface area contributed by atoms with Crippen LogP contribution in [0.4, 0.5) is 17.1 Å². The zero-order valence-corrected chi connectivity index (χ0v) is 40.0. The lowest BCUT2D eigenvalue weighted by Gasteiger charge is -2.36. The number of rotatable bonds is 19. The molecule has 5 aromatic carbocycles. The molecule has 0 unspecified atom stereocenters. The number of amides is 1. The van der Waals surface area contributed by atoms with E-state index < -0.39 is 31.4 Å². The standard InChI is InChI=1S/C51H57ClN8O8S/c52-40-6-4-37(5-7-40)45-13-9-42(67-31-28-57-26-29-66-30-27-57)33-39(45)36-58-22-24-59(25-23-58)41-8-12-46(50(34-41)68-43-10-14-47-38(32-43)16-18-54-47)51(61)55-69(64,65)44-11-15-48(49(35-44)60(62)63)53-17-3-21-56-19-1-2-20-56/h4-16,18,32-35,53-54H,1-3,17,19-31,36H2,(H,55,61). The molecule has 4 heterocycles. The number of fused-ring (bicyclic) bond motifs is 1. The first-order valence-electron chi connectivity index (χ1n) is 23.5. The van der Waals surface area contributed by atoms with Crippen molar-refractivity contribution in [3.63, 3.8) is 0 Å². The number of sulfonamides is 1. The van der Waals surface area contributed by atoms with Crippen molar-refractivity contribution in [2.24, 2.45) is 0 Å². The molecule has 1 aromatic heterocycles. The molecule has 3 fully saturated rings. The highest BCUT2D eigenvalue weighted by atomic mass is 35.5. The summed E-state index contributed by atoms with van der Waals surface area (Å²) in [7, 11) is -4.56. The number of halogens is 1. The quantitative estimate of drug-likeness (QED) is 0.0403. The third-order valence-electron chi connectivity index (χ3n) is 13.0. The second-order valence-corrected chi connectivity index (χ2v) is 19.7. The minimum Gasteiger partial charge on any atom is -0.492 e. The lowest BCUT2D eigenvalue weighted by molar-refractivity contribution is -0.384. The van der Waals surface area contributed by atoms with Gasteiger partial charge in [-0.3, -0.25) is 24.7 Å². The van der Waals surface area contributed by atoms with Crippen LogP contribution in [0, 0.1) is 10.1 Å². The molecule has 0 atom stereocenters. The first-order valence-corrected chi connectivity index (χ1v) is 25.4. The number of hydrogen-bond acceptors (Lipinski definition) is 13. The van der Waals surface area contributed by atoms with E-state index in [4.69, 9.17) is 25.8 Å². The number of nitro benzene ring substituents is 1. The molecule has 3 N–H and O–H groups in total. The molecule has 362 valence electrons. The highest BCUT2D eigenvalue weighted by Crippen LogP contribution is 2.35. The fourth-order valence-corrected chi connectivity index (χ4v) is 10.3. The maximum absolute atomic E-state index is 14.0. The highest BCUT2D eigenvalue weighted by molar-refractivity contribution is 7.90. The predicted octanol–water partition coefficient (Wildman–Crippen LogP) is 8.24. The molecule has 0 bridgehead atoms. The Morgan fingerprint density at radius 1 is 0.797 bits per heavy atom. The zero-order valence-electron chi connectivity index (χ0n) is 38.4. The number of piperazine rings is 1. The van der Waals surface area contributed by atoms with E-state index in [1.807, 2.05) is 54.7 Å². The van der Waals surface area contributed by atoms with Gasteiger partial charge in [0.15, 0.2) is 0 Å². The van der Waals surface area contributed by atoms with Crippen molar-refractivity contribution in [2.75, 3.05) is 102 Å². The number of likely N-dealkylation sites (tertiary alicyclic amines) is 1. The number of anilines is 2. The summed E-state index contributed by atoms with van der Waals surface area (Å²) >= 11 is 6.27. The molecular weight excluding hydrogens is 920 g/mol. The van der Waals surface area contributed by atoms with Gasteiger partial charge in [-0.15, -0.1) is 0 Å². The maximum Gasteiger partial charge on any atom is 0.293 e. The van der Waals surface area contributed by atoms with Gasteiger partial charge in [-0.1, -0.05) is 29.8 Å². The second kappa shape index (κ2) is 22.0. The van der Waals surface area contributed by atoms with Crippen LogP contribution in [0.2, 0.25) is 5.02 Å². The van der Waals surface area contributed by atoms with Crippen molar-refractivity contribution in [2.45, 2.75) is 30.7 Å². The Bertz CT molecular complexity index is 2860. The lowest BCUT2D eigenvalue weighted by Crippen LogP contribution is -2.46. The largest absolute Gasteiger partial charge is 0.492 e. The van der Waals surface area contributed by atoms with E-state index in [2.05, 4.69) is 46.8 Å². The number of aromatic amines is 1. The molecule has 3 aliphatic heterocycles. The first-order chi connectivity index (χ1) is 33.5. The maximum atomic E-state index is 14.0. The smallest absolute Gasteiger partial charge is 0.293 e. The zero-order chi connectivity index (χ0) is 47.7. The van der Waals surface area contributed by atoms with E-state index >= 15 is 0 Å². The van der Waals surface area contributed by atoms with Crippen molar-refractivity contribution < 1.29 is 32.3 Å². The van der Waals surface area contributed by atoms with Crippen molar-refractivity contribution in [3.8, 4) is 28.4 Å². The summed E-state index contributed by atoms with van der Waals surface area (Å²) in [5, 5.41) is 16.8. The molecule has 69 heavy (non-hydrogen) atoms. The van der Waals surface area contributed by atoms with E-state index in [0.29, 0.717) is 43.6 Å². The van der Waals surface area contributed by atoms with Crippen LogP contribution in [-0.2, 0) is 21.3 Å². The Labute approximate surface area is 407 Å². The molecule has 0 radical (unpaired) electrons. The van der Waals surface area contributed by atoms with Crippen LogP contribution in [0.1, 0.15) is 35.2 Å². The Morgan fingerprint density at radius 2 is 1.57 bits per heavy atom. The number of morpholine rings is 1. The first kappa shape index (κ1) is 47.8. The van der Waals surface area contributed by atoms with Gasteiger partial charge in [0.25, 0.3) is 21.6 Å². The van der Waals surface area contributed by atoms with Crippen LogP contribution in [0.5, 0.6) is 17.2 Å². The van der Waals surface area contributed by atoms with Crippen molar-refractivity contribution >= 4 is 55.5 Å². The van der Waals surface area contributed by atoms with Crippen LogP contribution in [0.3, 0.4) is 0 Å². The molecule has 16 nitrogen and oxygen atoms in total. The van der Waals surface area contributed by atoms with Gasteiger partial charge in [0, 0.05) is 98.8 Å². The van der Waals surface area contributed by atoms with Crippen LogP contribution in [0.15, 0.2) is 114 Å². The topological polar surface area (TPSA) is 175 Å². The number of nitrogens with zero attached hydrogens (tertiary/aromatic N) is 5. The molecule has 0 aliphatic carbocycles. The van der Waals surface area contributed by atoms with Gasteiger partial charge in [-0.05, 0) is 128 Å². The Morgan fingerprint density at radius 3 is 2.35 bits per heavy atom. The summed E-state index contributed by atoms with van der Waals surface area (Å²) in [6.07, 6.45) is 4.94. The number of nitrogens with one attached hydrogen (secondary N) is 3. The molecule has 1 amide bonds. The molecule has 0 saturated carbocycles. The normalized spacial score (nSPS) is 16.2. The van der Waals surface area contributed by atoms with Gasteiger partial charge in [0.1, 0.15) is 29.5 Å². The summed E-state index contributed by atoms with van der Waals surface area (Å²) in [4.78, 5) is 37.6. The molecule has 6 aromatic rings. The van der Waals surface area contributed by atoms with E-state index in [1.165, 1.54) is 25.0 Å². The predicted molar refractivity (Wildman–Crippen MR) is 268 cm³/mol. The Hall–Kier alpha value is -6.21. The number of benzene rings is 5. The van der Waals surface area contributed by atoms with Crippen LogP contribution in [-0.4, -0.2) is 131 Å². The summed E-state index contributed by atoms with van der Waals surface area (Å²) in [5.74, 6) is 0.471. The van der Waals surface area contributed by atoms with Gasteiger partial charge in [-0.2, -0.15) is 0 Å². The molecule has 9 rings (SSSR count). The SMILES string of the molecule is O=C(NS(=O)(=O)c1ccc(NCCCN2CCCC2)c([N+](=O)[O-])c1)c1ccc(N2CCN(Cc3cc(OCCN4CCOCC4)ccc3-c3ccc(Cl)cc3)CC2)cc1Oc1ccc2[nH]ccc2c1. The third kappa shape index (κ3) is 12.2. The van der Waals surface area contributed by atoms with Gasteiger partial charge in [0.2, 0.25) is 0 Å². The van der Waals surface area contributed by atoms with E-state index in [-0.39, 0.29) is 17.0 Å². The van der Waals surface area contributed by atoms with Gasteiger partial charge < -0.3 is 34.3 Å². The number of carbonyl (C=O) groups excluding carboxylic acids is 1. The van der Waals surface area contributed by atoms with Crippen molar-refractivity contribution in [1.82, 2.24) is 24.4 Å². The Balaban J connectivity index is 0.899. The lowest BCUT2D eigenvalue weighted by atomic mass is 9.98. The number of nitro groups is 1. The van der Waals surface area contributed by atoms with Crippen molar-refractivity contribution in [1.29, 1.82) is 0 Å². The molecule has 18 heteroatoms. The Kier molecular flexibility index (Phi) is 15.3. The third-order valence-corrected chi connectivity index (χ3v) is 14.6. The van der Waals surface area contributed by atoms with Crippen LogP contribution < -0.4 is 24.4 Å². The number of hydrogen-bond donors (Lipinski definition) is 3. The summed E-state index contributed by atoms with van der Waals surface area (Å²) in [5.41, 5.74) is 4.79. The van der Waals surface area contributed by atoms with Gasteiger partial charge in [0.05, 0.1) is 28.6 Å². The monoisotopic (exact) mass is 976 g/mol. The van der Waals surface area contributed by atoms with Gasteiger partial charge >= 0.3 is 0 Å². The number of H-pyrrole nitrogens is 1. The molecule has 0 spiro atoms. The minimum atomic E-state index is -4.56. The van der Waals surface area contributed by atoms with E-state index in [1.54, 1.807) is 24.3 Å². The van der Waals surface area contributed by atoms with Crippen LogP contribution in [0.25, 0.3) is 22.0 Å². The van der Waals surface area contributed by atoms with Crippen LogP contribution >= 0.6 is 11.6 Å². The molecular formula is C51H57ClN8O8S. The fourth-order valence-electron chi connectivity index (χ4n) is 9.17. The number of carbonyl (C=O) groups is 1. The fraction of sp³-hybridized carbons (Fsp3) is 0.353. The number of ether oxygens (including phenoxy) is 3. The van der Waals surface area contributed by atoms with E-state index in [0.717, 1.165) is 117 Å². The summed E-state index contributed by atoms with van der Waals surface area (Å²) < 4.78 is 47.8.